The van der Waals surface area contributed by atoms with Crippen LogP contribution in [-0.4, -0.2) is 24.6 Å². The summed E-state index contributed by atoms with van der Waals surface area (Å²) in [5.41, 5.74) is 4.73. The van der Waals surface area contributed by atoms with E-state index in [0.29, 0.717) is 22.9 Å². The first-order chi connectivity index (χ1) is 19.9. The molecule has 0 bridgehead atoms. The molecule has 4 atom stereocenters. The molecule has 7 heteroatoms. The number of allylic oxidation sites excluding steroid dienone is 1. The van der Waals surface area contributed by atoms with Crippen LogP contribution in [-0.2, 0) is 14.4 Å². The molecule has 8 rings (SSSR count). The van der Waals surface area contributed by atoms with Gasteiger partial charge in [0.05, 0.1) is 23.4 Å². The summed E-state index contributed by atoms with van der Waals surface area (Å²) in [4.78, 5) is 43.6. The van der Waals surface area contributed by atoms with Gasteiger partial charge in [-0.15, -0.1) is 0 Å². The number of benzene rings is 4. The first-order valence-electron chi connectivity index (χ1n) is 13.7. The lowest BCUT2D eigenvalue weighted by molar-refractivity contribution is -0.142. The Bertz CT molecular complexity index is 1870. The highest BCUT2D eigenvalue weighted by atomic mass is 16.7. The van der Waals surface area contributed by atoms with Crippen LogP contribution < -0.4 is 19.1 Å². The standard InChI is InChI=1S/C34H25NO6/c1-17-7-10-24(18(2)13-17)35-32(36)29-22(20-9-11-25-27(14-20)40-16-39-25)15-23-28-21-6-4-3-5-19(21)8-12-26(28)41-34(38)30(23)31(29)33(35)37/h3-15,22,29-31H,16H2,1-2H3/t22-,29-,30-,31+/m1/s1. The summed E-state index contributed by atoms with van der Waals surface area (Å²) in [5, 5.41) is 1.93. The summed E-state index contributed by atoms with van der Waals surface area (Å²) >= 11 is 0. The first-order valence-corrected chi connectivity index (χ1v) is 13.7. The second kappa shape index (κ2) is 8.54. The van der Waals surface area contributed by atoms with Crippen LogP contribution in [0.3, 0.4) is 0 Å². The van der Waals surface area contributed by atoms with Crippen LogP contribution in [0, 0.1) is 31.6 Å². The summed E-state index contributed by atoms with van der Waals surface area (Å²) in [7, 11) is 0. The summed E-state index contributed by atoms with van der Waals surface area (Å²) in [6, 6.07) is 22.9. The Balaban J connectivity index is 1.37. The maximum Gasteiger partial charge on any atom is 0.319 e. The van der Waals surface area contributed by atoms with Crippen molar-refractivity contribution in [3.05, 3.63) is 101 Å². The van der Waals surface area contributed by atoms with Crippen molar-refractivity contribution < 1.29 is 28.6 Å². The van der Waals surface area contributed by atoms with E-state index in [1.807, 2.05) is 86.7 Å². The van der Waals surface area contributed by atoms with E-state index in [0.717, 1.165) is 38.6 Å². The molecule has 1 aliphatic carbocycles. The van der Waals surface area contributed by atoms with Crippen LogP contribution >= 0.6 is 0 Å². The van der Waals surface area contributed by atoms with Crippen molar-refractivity contribution in [1.82, 2.24) is 0 Å². The predicted molar refractivity (Wildman–Crippen MR) is 152 cm³/mol. The lowest BCUT2D eigenvalue weighted by atomic mass is 9.64. The molecule has 4 aliphatic rings. The largest absolute Gasteiger partial charge is 0.454 e. The maximum atomic E-state index is 14.4. The van der Waals surface area contributed by atoms with Crippen molar-refractivity contribution in [2.75, 3.05) is 11.7 Å². The number of anilines is 1. The fraction of sp³-hybridized carbons (Fsp3) is 0.206. The van der Waals surface area contributed by atoms with Gasteiger partial charge in [0, 0.05) is 11.5 Å². The Labute approximate surface area is 235 Å². The van der Waals surface area contributed by atoms with Crippen molar-refractivity contribution in [3.63, 3.8) is 0 Å². The van der Waals surface area contributed by atoms with Gasteiger partial charge in [0.25, 0.3) is 0 Å². The number of fused-ring (bicyclic) bond motifs is 8. The monoisotopic (exact) mass is 543 g/mol. The van der Waals surface area contributed by atoms with Crippen LogP contribution in [0.1, 0.15) is 28.2 Å². The van der Waals surface area contributed by atoms with Gasteiger partial charge in [-0.2, -0.15) is 0 Å². The molecule has 2 amide bonds. The smallest absolute Gasteiger partial charge is 0.319 e. The molecular weight excluding hydrogens is 518 g/mol. The number of ether oxygens (including phenoxy) is 3. The molecule has 7 nitrogen and oxygen atoms in total. The molecular formula is C34H25NO6. The van der Waals surface area contributed by atoms with Crippen LogP contribution in [0.2, 0.25) is 0 Å². The number of esters is 1. The van der Waals surface area contributed by atoms with E-state index in [9.17, 15) is 14.4 Å². The summed E-state index contributed by atoms with van der Waals surface area (Å²) in [6.45, 7) is 3.98. The molecule has 0 aromatic heterocycles. The highest BCUT2D eigenvalue weighted by Gasteiger charge is 2.60. The van der Waals surface area contributed by atoms with Crippen LogP contribution in [0.15, 0.2) is 78.9 Å². The number of nitrogens with zero attached hydrogens (tertiary/aromatic N) is 1. The second-order valence-corrected chi connectivity index (χ2v) is 11.2. The van der Waals surface area contributed by atoms with Gasteiger partial charge in [-0.3, -0.25) is 14.4 Å². The van der Waals surface area contributed by atoms with Gasteiger partial charge in [-0.05, 0) is 65.6 Å². The minimum absolute atomic E-state index is 0.127. The molecule has 1 fully saturated rings. The molecule has 0 N–H and O–H groups in total. The lowest BCUT2D eigenvalue weighted by Crippen LogP contribution is -2.42. The van der Waals surface area contributed by atoms with Crippen molar-refractivity contribution in [1.29, 1.82) is 0 Å². The molecule has 0 radical (unpaired) electrons. The normalized spacial score (nSPS) is 24.1. The summed E-state index contributed by atoms with van der Waals surface area (Å²) < 4.78 is 17.1. The van der Waals surface area contributed by atoms with E-state index in [4.69, 9.17) is 14.2 Å². The Morgan fingerprint density at radius 3 is 2.41 bits per heavy atom. The number of amides is 2. The number of imide groups is 1. The number of aryl methyl sites for hydroxylation is 2. The zero-order chi connectivity index (χ0) is 28.0. The van der Waals surface area contributed by atoms with Gasteiger partial charge in [0.2, 0.25) is 18.6 Å². The number of rotatable bonds is 2. The third-order valence-electron chi connectivity index (χ3n) is 8.86. The van der Waals surface area contributed by atoms with Crippen molar-refractivity contribution in [2.24, 2.45) is 17.8 Å². The Hall–Kier alpha value is -4.91. The number of hydrogen-bond acceptors (Lipinski definition) is 6. The van der Waals surface area contributed by atoms with E-state index >= 15 is 0 Å². The molecule has 0 spiro atoms. The molecule has 202 valence electrons. The second-order valence-electron chi connectivity index (χ2n) is 11.2. The fourth-order valence-corrected chi connectivity index (χ4v) is 7.07. The molecule has 3 aliphatic heterocycles. The molecule has 4 aromatic rings. The minimum atomic E-state index is -0.918. The van der Waals surface area contributed by atoms with Crippen molar-refractivity contribution >= 4 is 39.8 Å². The molecule has 4 aromatic carbocycles. The van der Waals surface area contributed by atoms with Crippen LogP contribution in [0.25, 0.3) is 16.3 Å². The quantitative estimate of drug-likeness (QED) is 0.183. The third kappa shape index (κ3) is 3.35. The Morgan fingerprint density at radius 1 is 0.780 bits per heavy atom. The van der Waals surface area contributed by atoms with E-state index in [1.165, 1.54) is 4.90 Å². The van der Waals surface area contributed by atoms with Gasteiger partial charge < -0.3 is 14.2 Å². The third-order valence-corrected chi connectivity index (χ3v) is 8.86. The topological polar surface area (TPSA) is 82.1 Å². The summed E-state index contributed by atoms with van der Waals surface area (Å²) in [6.07, 6.45) is 2.01. The average molecular weight is 544 g/mol. The highest BCUT2D eigenvalue weighted by molar-refractivity contribution is 6.25. The number of hydrogen-bond donors (Lipinski definition) is 0. The molecule has 0 unspecified atom stereocenters. The van der Waals surface area contributed by atoms with Crippen molar-refractivity contribution in [3.8, 4) is 17.2 Å². The van der Waals surface area contributed by atoms with Gasteiger partial charge in [0.1, 0.15) is 5.75 Å². The SMILES string of the molecule is Cc1ccc(N2C(=O)[C@@H]3[C@@H]4C(=O)Oc5ccc6ccccc6c5C4=C[C@H](c4ccc5c(c4)OCO5)[C@H]3C2=O)c(C)c1. The maximum absolute atomic E-state index is 14.4. The first kappa shape index (κ1) is 23.9. The van der Waals surface area contributed by atoms with Gasteiger partial charge >= 0.3 is 5.97 Å². The Kier molecular flexibility index (Phi) is 4.99. The average Bonchev–Trinajstić information content (AvgIpc) is 3.54. The van der Waals surface area contributed by atoms with Gasteiger partial charge in [0.15, 0.2) is 11.5 Å². The predicted octanol–water partition coefficient (Wildman–Crippen LogP) is 5.71. The lowest BCUT2D eigenvalue weighted by Gasteiger charge is -2.38. The van der Waals surface area contributed by atoms with Crippen molar-refractivity contribution in [2.45, 2.75) is 19.8 Å². The zero-order valence-electron chi connectivity index (χ0n) is 22.4. The summed E-state index contributed by atoms with van der Waals surface area (Å²) in [5.74, 6) is -2.62. The molecule has 1 saturated heterocycles. The van der Waals surface area contributed by atoms with E-state index < -0.39 is 29.6 Å². The van der Waals surface area contributed by atoms with Gasteiger partial charge in [-0.1, -0.05) is 60.2 Å². The van der Waals surface area contributed by atoms with Crippen LogP contribution in [0.5, 0.6) is 17.2 Å². The Morgan fingerprint density at radius 2 is 1.56 bits per heavy atom. The molecule has 0 saturated carbocycles. The zero-order valence-corrected chi connectivity index (χ0v) is 22.4. The fourth-order valence-electron chi connectivity index (χ4n) is 7.07. The van der Waals surface area contributed by atoms with Crippen LogP contribution in [0.4, 0.5) is 5.69 Å². The molecule has 3 heterocycles. The number of carbonyl (C=O) groups is 3. The van der Waals surface area contributed by atoms with E-state index in [1.54, 1.807) is 6.07 Å². The minimum Gasteiger partial charge on any atom is -0.454 e. The molecule has 41 heavy (non-hydrogen) atoms. The van der Waals surface area contributed by atoms with Gasteiger partial charge in [-0.25, -0.2) is 4.90 Å². The van der Waals surface area contributed by atoms with E-state index in [2.05, 4.69) is 0 Å². The highest BCUT2D eigenvalue weighted by Crippen LogP contribution is 2.56. The van der Waals surface area contributed by atoms with E-state index in [-0.39, 0.29) is 18.6 Å². The number of carbonyl (C=O) groups excluding carboxylic acids is 3.